The van der Waals surface area contributed by atoms with Crippen LogP contribution in [0.5, 0.6) is 11.5 Å². The Hall–Kier alpha value is -2.88. The van der Waals surface area contributed by atoms with Crippen molar-refractivity contribution in [2.24, 2.45) is 0 Å². The minimum absolute atomic E-state index is 0.0865. The van der Waals surface area contributed by atoms with Gasteiger partial charge in [-0.15, -0.1) is 11.3 Å². The summed E-state index contributed by atoms with van der Waals surface area (Å²) >= 11 is 1.37. The number of amides is 1. The maximum absolute atomic E-state index is 13.0. The van der Waals surface area contributed by atoms with Crippen LogP contribution in [-0.2, 0) is 16.6 Å². The van der Waals surface area contributed by atoms with E-state index >= 15 is 0 Å². The molecule has 0 radical (unpaired) electrons. The van der Waals surface area contributed by atoms with Gasteiger partial charge in [0, 0.05) is 31.7 Å². The van der Waals surface area contributed by atoms with Crippen LogP contribution in [0.4, 0.5) is 0 Å². The average Bonchev–Trinajstić information content (AvgIpc) is 3.32. The Labute approximate surface area is 204 Å². The maximum atomic E-state index is 13.0. The number of nitrogens with zero attached hydrogens (tertiary/aromatic N) is 2. The van der Waals surface area contributed by atoms with Gasteiger partial charge in [-0.1, -0.05) is 23.8 Å². The minimum Gasteiger partial charge on any atom is -0.493 e. The molecule has 3 aromatic rings. The van der Waals surface area contributed by atoms with Crippen LogP contribution in [0.25, 0.3) is 0 Å². The molecule has 1 aliphatic rings. The van der Waals surface area contributed by atoms with E-state index in [2.05, 4.69) is 0 Å². The van der Waals surface area contributed by atoms with Gasteiger partial charge in [-0.2, -0.15) is 4.31 Å². The second-order valence-corrected chi connectivity index (χ2v) is 11.1. The highest BCUT2D eigenvalue weighted by atomic mass is 32.2. The molecule has 4 rings (SSSR count). The third kappa shape index (κ3) is 5.27. The van der Waals surface area contributed by atoms with Crippen molar-refractivity contribution in [1.29, 1.82) is 0 Å². The van der Waals surface area contributed by atoms with Crippen molar-refractivity contribution in [3.8, 4) is 11.5 Å². The fourth-order valence-corrected chi connectivity index (χ4v) is 6.05. The minimum atomic E-state index is -3.56. The lowest BCUT2D eigenvalue weighted by atomic mass is 10.2. The van der Waals surface area contributed by atoms with E-state index in [4.69, 9.17) is 9.47 Å². The zero-order valence-corrected chi connectivity index (χ0v) is 21.1. The number of aryl methyl sites for hydroxylation is 2. The molecule has 1 fully saturated rings. The molecule has 1 saturated heterocycles. The molecule has 0 N–H and O–H groups in total. The van der Waals surface area contributed by atoms with Crippen LogP contribution >= 0.6 is 11.3 Å². The Morgan fingerprint density at radius 3 is 2.29 bits per heavy atom. The third-order valence-corrected chi connectivity index (χ3v) is 8.64. The number of thiophene rings is 1. The monoisotopic (exact) mass is 500 g/mol. The summed E-state index contributed by atoms with van der Waals surface area (Å²) in [6, 6.07) is 14.4. The van der Waals surface area contributed by atoms with Gasteiger partial charge in [0.05, 0.1) is 16.9 Å². The van der Waals surface area contributed by atoms with E-state index in [1.807, 2.05) is 43.5 Å². The van der Waals surface area contributed by atoms with Gasteiger partial charge in [0.15, 0.2) is 11.5 Å². The number of piperazine rings is 1. The molecule has 9 heteroatoms. The molecule has 2 aromatic carbocycles. The fraction of sp³-hybridized carbons (Fsp3) is 0.320. The summed E-state index contributed by atoms with van der Waals surface area (Å²) in [4.78, 5) is 15.6. The molecule has 1 aliphatic heterocycles. The van der Waals surface area contributed by atoms with Crippen molar-refractivity contribution in [1.82, 2.24) is 9.21 Å². The number of hydrogen-bond donors (Lipinski definition) is 0. The molecule has 0 aliphatic carbocycles. The number of rotatable bonds is 7. The van der Waals surface area contributed by atoms with Crippen molar-refractivity contribution in [2.45, 2.75) is 25.3 Å². The van der Waals surface area contributed by atoms with Gasteiger partial charge in [0.1, 0.15) is 6.61 Å². The van der Waals surface area contributed by atoms with E-state index in [9.17, 15) is 13.2 Å². The lowest BCUT2D eigenvalue weighted by molar-refractivity contribution is 0.0702. The second kappa shape index (κ2) is 10.2. The Balaban J connectivity index is 1.35. The van der Waals surface area contributed by atoms with E-state index in [1.54, 1.807) is 36.3 Å². The highest BCUT2D eigenvalue weighted by Gasteiger charge is 2.30. The first-order valence-corrected chi connectivity index (χ1v) is 13.3. The fourth-order valence-electron chi connectivity index (χ4n) is 3.77. The predicted octanol–water partition coefficient (Wildman–Crippen LogP) is 4.10. The van der Waals surface area contributed by atoms with Crippen LogP contribution in [0.15, 0.2) is 58.8 Å². The molecule has 0 unspecified atom stereocenters. The van der Waals surface area contributed by atoms with Crippen LogP contribution in [0.3, 0.4) is 0 Å². The molecule has 0 saturated carbocycles. The highest BCUT2D eigenvalue weighted by Crippen LogP contribution is 2.29. The van der Waals surface area contributed by atoms with Gasteiger partial charge in [-0.05, 0) is 55.1 Å². The van der Waals surface area contributed by atoms with E-state index in [0.29, 0.717) is 36.1 Å². The number of methoxy groups -OCH3 is 1. The van der Waals surface area contributed by atoms with Crippen LogP contribution in [0, 0.1) is 13.8 Å². The summed E-state index contributed by atoms with van der Waals surface area (Å²) in [5.74, 6) is 1.24. The van der Waals surface area contributed by atoms with E-state index in [0.717, 1.165) is 16.7 Å². The molecule has 0 bridgehead atoms. The molecular formula is C25H28N2O5S2. The summed E-state index contributed by atoms with van der Waals surface area (Å²) in [6.07, 6.45) is 0. The van der Waals surface area contributed by atoms with Crippen LogP contribution in [-0.4, -0.2) is 56.8 Å². The van der Waals surface area contributed by atoms with E-state index in [-0.39, 0.29) is 23.9 Å². The first-order valence-electron chi connectivity index (χ1n) is 11.0. The van der Waals surface area contributed by atoms with E-state index < -0.39 is 10.0 Å². The lowest BCUT2D eigenvalue weighted by Crippen LogP contribution is -2.50. The van der Waals surface area contributed by atoms with Gasteiger partial charge in [-0.3, -0.25) is 4.79 Å². The standard InChI is InChI=1S/C25H28N2O5S2/c1-18-4-7-21(8-5-18)34(29,30)27-12-10-26(11-13-27)25(28)24-15-20(17-33-24)16-32-22-9-6-19(2)14-23(22)31-3/h4-9,14-15,17H,10-13,16H2,1-3H3. The molecular weight excluding hydrogens is 472 g/mol. The Morgan fingerprint density at radius 2 is 1.62 bits per heavy atom. The van der Waals surface area contributed by atoms with Crippen molar-refractivity contribution < 1.29 is 22.7 Å². The van der Waals surface area contributed by atoms with Crippen molar-refractivity contribution in [3.05, 3.63) is 75.5 Å². The molecule has 2 heterocycles. The molecule has 34 heavy (non-hydrogen) atoms. The summed E-state index contributed by atoms with van der Waals surface area (Å²) in [7, 11) is -1.95. The number of sulfonamides is 1. The van der Waals surface area contributed by atoms with Crippen molar-refractivity contribution in [3.63, 3.8) is 0 Å². The lowest BCUT2D eigenvalue weighted by Gasteiger charge is -2.33. The van der Waals surface area contributed by atoms with Gasteiger partial charge in [0.2, 0.25) is 10.0 Å². The number of benzene rings is 2. The van der Waals surface area contributed by atoms with Gasteiger partial charge in [-0.25, -0.2) is 8.42 Å². The first-order chi connectivity index (χ1) is 16.3. The highest BCUT2D eigenvalue weighted by molar-refractivity contribution is 7.89. The average molecular weight is 501 g/mol. The predicted molar refractivity (Wildman–Crippen MR) is 132 cm³/mol. The first kappa shape index (κ1) is 24.3. The molecule has 1 amide bonds. The zero-order valence-electron chi connectivity index (χ0n) is 19.5. The van der Waals surface area contributed by atoms with Crippen molar-refractivity contribution >= 4 is 27.3 Å². The summed E-state index contributed by atoms with van der Waals surface area (Å²) in [5, 5.41) is 1.91. The molecule has 7 nitrogen and oxygen atoms in total. The Bertz CT molecular complexity index is 1260. The van der Waals surface area contributed by atoms with Crippen molar-refractivity contribution in [2.75, 3.05) is 33.3 Å². The topological polar surface area (TPSA) is 76.2 Å². The summed E-state index contributed by atoms with van der Waals surface area (Å²) in [6.45, 7) is 5.49. The second-order valence-electron chi connectivity index (χ2n) is 8.27. The third-order valence-electron chi connectivity index (χ3n) is 5.76. The Morgan fingerprint density at radius 1 is 0.941 bits per heavy atom. The summed E-state index contributed by atoms with van der Waals surface area (Å²) < 4.78 is 38.5. The van der Waals surface area contributed by atoms with Gasteiger partial charge >= 0.3 is 0 Å². The molecule has 1 aromatic heterocycles. The van der Waals surface area contributed by atoms with E-state index in [1.165, 1.54) is 15.6 Å². The summed E-state index contributed by atoms with van der Waals surface area (Å²) in [5.41, 5.74) is 2.99. The van der Waals surface area contributed by atoms with Gasteiger partial charge in [0.25, 0.3) is 5.91 Å². The SMILES string of the molecule is COc1cc(C)ccc1OCc1csc(C(=O)N2CCN(S(=O)(=O)c3ccc(C)cc3)CC2)c1. The normalized spacial score (nSPS) is 14.7. The number of carbonyl (C=O) groups is 1. The Kier molecular flexibility index (Phi) is 7.25. The van der Waals surface area contributed by atoms with Crippen LogP contribution in [0.2, 0.25) is 0 Å². The zero-order chi connectivity index (χ0) is 24.3. The van der Waals surface area contributed by atoms with Crippen LogP contribution in [0.1, 0.15) is 26.4 Å². The van der Waals surface area contributed by atoms with Gasteiger partial charge < -0.3 is 14.4 Å². The number of ether oxygens (including phenoxy) is 2. The smallest absolute Gasteiger partial charge is 0.264 e. The molecule has 0 atom stereocenters. The molecule has 180 valence electrons. The number of hydrogen-bond acceptors (Lipinski definition) is 6. The number of carbonyl (C=O) groups excluding carboxylic acids is 1. The molecule has 0 spiro atoms. The largest absolute Gasteiger partial charge is 0.493 e. The van der Waals surface area contributed by atoms with Crippen LogP contribution < -0.4 is 9.47 Å². The maximum Gasteiger partial charge on any atom is 0.264 e. The quantitative estimate of drug-likeness (QED) is 0.488.